The minimum Gasteiger partial charge on any atom is -0.481 e. The van der Waals surface area contributed by atoms with Gasteiger partial charge in [0.1, 0.15) is 16.0 Å². The summed E-state index contributed by atoms with van der Waals surface area (Å²) in [5.41, 5.74) is -0.170. The molecule has 5 heteroatoms. The van der Waals surface area contributed by atoms with Crippen LogP contribution >= 0.6 is 23.2 Å². The zero-order valence-corrected chi connectivity index (χ0v) is 20.2. The minimum absolute atomic E-state index is 0.0884. The average Bonchev–Trinajstić information content (AvgIpc) is 3.25. The van der Waals surface area contributed by atoms with Crippen LogP contribution in [0.3, 0.4) is 0 Å². The van der Waals surface area contributed by atoms with Gasteiger partial charge in [-0.05, 0) is 60.4 Å². The lowest BCUT2D eigenvalue weighted by molar-refractivity contribution is -0.158. The molecule has 3 rings (SSSR count). The molecule has 0 bridgehead atoms. The van der Waals surface area contributed by atoms with Crippen LogP contribution in [0.4, 0.5) is 0 Å². The fourth-order valence-corrected chi connectivity index (χ4v) is 5.65. The van der Waals surface area contributed by atoms with Gasteiger partial charge in [0.25, 0.3) is 0 Å². The quantitative estimate of drug-likeness (QED) is 0.373. The normalized spacial score (nSPS) is 19.2. The summed E-state index contributed by atoms with van der Waals surface area (Å²) in [6, 6.07) is 17.4. The lowest BCUT2D eigenvalue weighted by atomic mass is 9.55. The summed E-state index contributed by atoms with van der Waals surface area (Å²) in [7, 11) is 0. The van der Waals surface area contributed by atoms with Crippen molar-refractivity contribution < 1.29 is 14.6 Å². The Labute approximate surface area is 200 Å². The first-order chi connectivity index (χ1) is 15.3. The molecule has 0 saturated heterocycles. The monoisotopic (exact) mass is 472 g/mol. The van der Waals surface area contributed by atoms with Gasteiger partial charge >= 0.3 is 5.97 Å². The predicted molar refractivity (Wildman–Crippen MR) is 131 cm³/mol. The van der Waals surface area contributed by atoms with Crippen molar-refractivity contribution in [1.82, 2.24) is 0 Å². The number of carboxylic acids is 1. The van der Waals surface area contributed by atoms with Crippen LogP contribution in [0, 0.1) is 23.2 Å². The van der Waals surface area contributed by atoms with Gasteiger partial charge in [0.05, 0.1) is 5.41 Å². The summed E-state index contributed by atoms with van der Waals surface area (Å²) in [6.45, 7) is 5.84. The number of rotatable bonds is 9. The summed E-state index contributed by atoms with van der Waals surface area (Å²) >= 11 is 12.0. The molecule has 4 unspecified atom stereocenters. The lowest BCUT2D eigenvalue weighted by Gasteiger charge is -2.46. The van der Waals surface area contributed by atoms with Gasteiger partial charge in [0.15, 0.2) is 0 Å². The highest BCUT2D eigenvalue weighted by molar-refractivity contribution is 6.55. The van der Waals surface area contributed by atoms with Crippen LogP contribution in [0.5, 0.6) is 11.5 Å². The number of carbonyl (C=O) groups is 1. The van der Waals surface area contributed by atoms with E-state index in [2.05, 4.69) is 12.2 Å². The zero-order chi connectivity index (χ0) is 23.3. The molecule has 0 fully saturated rings. The van der Waals surface area contributed by atoms with Crippen LogP contribution in [-0.4, -0.2) is 11.1 Å². The van der Waals surface area contributed by atoms with Crippen molar-refractivity contribution in [3.63, 3.8) is 0 Å². The lowest BCUT2D eigenvalue weighted by Crippen LogP contribution is -2.48. The van der Waals surface area contributed by atoms with Gasteiger partial charge in [-0.15, -0.1) is 0 Å². The third-order valence-electron chi connectivity index (χ3n) is 6.64. The number of para-hydroxylation sites is 1. The van der Waals surface area contributed by atoms with E-state index in [1.54, 1.807) is 6.08 Å². The van der Waals surface area contributed by atoms with E-state index in [1.807, 2.05) is 75.4 Å². The average molecular weight is 473 g/mol. The van der Waals surface area contributed by atoms with Crippen molar-refractivity contribution in [2.45, 2.75) is 39.5 Å². The molecule has 2 aromatic rings. The maximum atomic E-state index is 13.1. The Kier molecular flexibility index (Phi) is 8.08. The van der Waals surface area contributed by atoms with Crippen LogP contribution in [-0.2, 0) is 4.79 Å². The van der Waals surface area contributed by atoms with Gasteiger partial charge in [0, 0.05) is 5.92 Å². The van der Waals surface area contributed by atoms with E-state index in [4.69, 9.17) is 27.9 Å². The van der Waals surface area contributed by atoms with E-state index >= 15 is 0 Å². The zero-order valence-electron chi connectivity index (χ0n) is 18.7. The van der Waals surface area contributed by atoms with Crippen molar-refractivity contribution in [2.75, 3.05) is 0 Å². The molecule has 1 aliphatic carbocycles. The number of carboxylic acid groups (broad SMARTS) is 1. The van der Waals surface area contributed by atoms with Gasteiger partial charge in [-0.1, -0.05) is 92.5 Å². The highest BCUT2D eigenvalue weighted by Crippen LogP contribution is 2.55. The van der Waals surface area contributed by atoms with Gasteiger partial charge in [-0.25, -0.2) is 0 Å². The van der Waals surface area contributed by atoms with Crippen molar-refractivity contribution >= 4 is 29.2 Å². The third-order valence-corrected chi connectivity index (χ3v) is 6.90. The maximum Gasteiger partial charge on any atom is 0.311 e. The topological polar surface area (TPSA) is 46.5 Å². The van der Waals surface area contributed by atoms with E-state index in [1.165, 1.54) is 0 Å². The molecule has 4 atom stereocenters. The first kappa shape index (κ1) is 24.4. The summed E-state index contributed by atoms with van der Waals surface area (Å²) < 4.78 is 6.16. The molecule has 3 nitrogen and oxygen atoms in total. The Hall–Kier alpha value is -2.23. The van der Waals surface area contributed by atoms with E-state index < -0.39 is 11.4 Å². The molecule has 0 radical (unpaired) electrons. The van der Waals surface area contributed by atoms with Crippen LogP contribution in [0.2, 0.25) is 0 Å². The summed E-state index contributed by atoms with van der Waals surface area (Å²) in [6.07, 6.45) is 7.81. The van der Waals surface area contributed by atoms with Crippen LogP contribution in [0.15, 0.2) is 77.3 Å². The molecular formula is C27H30Cl2O3. The number of hydrogen-bond donors (Lipinski definition) is 1. The molecule has 1 aliphatic rings. The molecule has 0 amide bonds. The van der Waals surface area contributed by atoms with Gasteiger partial charge in [0.2, 0.25) is 0 Å². The van der Waals surface area contributed by atoms with Crippen molar-refractivity contribution in [1.29, 1.82) is 0 Å². The van der Waals surface area contributed by atoms with Gasteiger partial charge < -0.3 is 9.84 Å². The van der Waals surface area contributed by atoms with Crippen molar-refractivity contribution in [3.05, 3.63) is 82.9 Å². The smallest absolute Gasteiger partial charge is 0.311 e. The molecule has 0 aromatic heterocycles. The van der Waals surface area contributed by atoms with Gasteiger partial charge in [-0.3, -0.25) is 4.79 Å². The Morgan fingerprint density at radius 2 is 1.78 bits per heavy atom. The predicted octanol–water partition coefficient (Wildman–Crippen LogP) is 8.21. The Balaban J connectivity index is 2.15. The van der Waals surface area contributed by atoms with E-state index in [0.717, 1.165) is 24.2 Å². The van der Waals surface area contributed by atoms with Gasteiger partial charge in [-0.2, -0.15) is 0 Å². The second-order valence-corrected chi connectivity index (χ2v) is 9.78. The Morgan fingerprint density at radius 1 is 1.09 bits per heavy atom. The van der Waals surface area contributed by atoms with Crippen molar-refractivity contribution in [2.24, 2.45) is 23.2 Å². The second-order valence-electron chi connectivity index (χ2n) is 8.77. The van der Waals surface area contributed by atoms with Crippen LogP contribution in [0.1, 0.15) is 45.1 Å². The highest BCUT2D eigenvalue weighted by atomic mass is 35.5. The number of allylic oxidation sites excluding steroid dienone is 3. The molecule has 2 aromatic carbocycles. The fourth-order valence-electron chi connectivity index (χ4n) is 5.28. The number of halogens is 2. The summed E-state index contributed by atoms with van der Waals surface area (Å²) in [5.74, 6) is -0.171. The summed E-state index contributed by atoms with van der Waals surface area (Å²) in [5, 5.41) is 10.7. The first-order valence-electron chi connectivity index (χ1n) is 11.0. The number of benzene rings is 2. The van der Waals surface area contributed by atoms with Crippen LogP contribution < -0.4 is 4.74 Å². The number of hydrogen-bond acceptors (Lipinski definition) is 2. The second kappa shape index (κ2) is 10.6. The SMILES string of the molecule is CC(C)C(C(=O)O)(C(C)C=C(Cl)Cl)C(c1cccc(Oc2ccccc2)c1)C1C=CCC1. The first-order valence-corrected chi connectivity index (χ1v) is 11.8. The third kappa shape index (κ3) is 5.05. The Bertz CT molecular complexity index is 979. The molecule has 0 saturated carbocycles. The maximum absolute atomic E-state index is 13.1. The van der Waals surface area contributed by atoms with E-state index in [9.17, 15) is 9.90 Å². The molecule has 0 heterocycles. The minimum atomic E-state index is -1.11. The van der Waals surface area contributed by atoms with Crippen LogP contribution in [0.25, 0.3) is 0 Å². The summed E-state index contributed by atoms with van der Waals surface area (Å²) in [4.78, 5) is 13.1. The van der Waals surface area contributed by atoms with E-state index in [0.29, 0.717) is 5.75 Å². The van der Waals surface area contributed by atoms with E-state index in [-0.39, 0.29) is 28.2 Å². The fraction of sp³-hybridized carbons (Fsp3) is 0.370. The molecule has 1 N–H and O–H groups in total. The molecule has 0 spiro atoms. The molecule has 170 valence electrons. The number of ether oxygens (including phenoxy) is 1. The standard InChI is InChI=1S/C27H30Cl2O3/c1-18(2)27(26(30)31,19(3)16-24(28)29)25(20-10-7-8-11-20)21-12-9-15-23(17-21)32-22-13-5-4-6-14-22/h4-7,9-10,12-20,25H,8,11H2,1-3H3,(H,30,31). The Morgan fingerprint density at radius 3 is 2.34 bits per heavy atom. The van der Waals surface area contributed by atoms with Crippen molar-refractivity contribution in [3.8, 4) is 11.5 Å². The molecular weight excluding hydrogens is 443 g/mol. The number of aliphatic carboxylic acids is 1. The molecule has 0 aliphatic heterocycles. The molecule has 32 heavy (non-hydrogen) atoms. The highest BCUT2D eigenvalue weighted by Gasteiger charge is 2.54. The largest absolute Gasteiger partial charge is 0.481 e.